The zero-order chi connectivity index (χ0) is 11.7. The molecular weight excluding hydrogens is 204 g/mol. The minimum Gasteiger partial charge on any atom is -0.494 e. The molecule has 0 aliphatic carbocycles. The van der Waals surface area contributed by atoms with E-state index in [-0.39, 0.29) is 11.9 Å². The molecule has 1 amide bonds. The summed E-state index contributed by atoms with van der Waals surface area (Å²) < 4.78 is 5.44. The fourth-order valence-corrected chi connectivity index (χ4v) is 2.05. The van der Waals surface area contributed by atoms with Gasteiger partial charge in [-0.15, -0.1) is 0 Å². The van der Waals surface area contributed by atoms with Gasteiger partial charge in [0.2, 0.25) is 5.91 Å². The van der Waals surface area contributed by atoms with E-state index in [2.05, 4.69) is 5.32 Å². The van der Waals surface area contributed by atoms with E-state index >= 15 is 0 Å². The van der Waals surface area contributed by atoms with Crippen molar-refractivity contribution in [3.8, 4) is 5.75 Å². The number of rotatable bonds is 3. The maximum absolute atomic E-state index is 11.9. The molecule has 1 aromatic carbocycles. The van der Waals surface area contributed by atoms with Gasteiger partial charge < -0.3 is 15.0 Å². The maximum Gasteiger partial charge on any atom is 0.248 e. The zero-order valence-electron chi connectivity index (χ0n) is 9.78. The SMILES string of the molecule is CCOc1ccc2c(c1)C(NC)C(=O)N2C. The molecule has 1 aromatic rings. The molecule has 1 aliphatic rings. The molecule has 0 saturated heterocycles. The van der Waals surface area contributed by atoms with E-state index in [0.717, 1.165) is 17.0 Å². The van der Waals surface area contributed by atoms with Crippen molar-refractivity contribution in [1.29, 1.82) is 0 Å². The number of likely N-dealkylation sites (N-methyl/N-ethyl adjacent to an activating group) is 2. The minimum atomic E-state index is -0.250. The molecule has 0 saturated carbocycles. The highest BCUT2D eigenvalue weighted by Crippen LogP contribution is 2.36. The van der Waals surface area contributed by atoms with E-state index in [0.29, 0.717) is 6.61 Å². The summed E-state index contributed by atoms with van der Waals surface area (Å²) in [5.41, 5.74) is 1.94. The summed E-state index contributed by atoms with van der Waals surface area (Å²) in [7, 11) is 3.58. The number of nitrogens with zero attached hydrogens (tertiary/aromatic N) is 1. The predicted molar refractivity (Wildman–Crippen MR) is 62.8 cm³/mol. The summed E-state index contributed by atoms with van der Waals surface area (Å²) >= 11 is 0. The molecule has 4 nitrogen and oxygen atoms in total. The Kier molecular flexibility index (Phi) is 2.83. The second-order valence-corrected chi connectivity index (χ2v) is 3.77. The number of benzene rings is 1. The highest BCUT2D eigenvalue weighted by Gasteiger charge is 2.34. The fraction of sp³-hybridized carbons (Fsp3) is 0.417. The van der Waals surface area contributed by atoms with Crippen LogP contribution in [0.2, 0.25) is 0 Å². The molecule has 0 radical (unpaired) electrons. The van der Waals surface area contributed by atoms with Gasteiger partial charge in [-0.25, -0.2) is 0 Å². The first-order valence-electron chi connectivity index (χ1n) is 5.40. The zero-order valence-corrected chi connectivity index (χ0v) is 9.78. The standard InChI is InChI=1S/C12H16N2O2/c1-4-16-8-5-6-10-9(7-8)11(13-2)12(15)14(10)3/h5-7,11,13H,4H2,1-3H3. The van der Waals surface area contributed by atoms with E-state index in [1.807, 2.05) is 25.1 Å². The minimum absolute atomic E-state index is 0.0751. The molecule has 1 heterocycles. The molecule has 16 heavy (non-hydrogen) atoms. The average Bonchev–Trinajstić information content (AvgIpc) is 2.52. The van der Waals surface area contributed by atoms with E-state index < -0.39 is 0 Å². The van der Waals surface area contributed by atoms with E-state index in [1.54, 1.807) is 19.0 Å². The Bertz CT molecular complexity index is 417. The first-order chi connectivity index (χ1) is 7.69. The van der Waals surface area contributed by atoms with Crippen LogP contribution in [0.4, 0.5) is 5.69 Å². The van der Waals surface area contributed by atoms with Crippen LogP contribution < -0.4 is 15.0 Å². The summed E-state index contributed by atoms with van der Waals surface area (Å²) in [6.07, 6.45) is 0. The van der Waals surface area contributed by atoms with Gasteiger partial charge in [-0.05, 0) is 32.2 Å². The highest BCUT2D eigenvalue weighted by atomic mass is 16.5. The third-order valence-electron chi connectivity index (χ3n) is 2.85. The van der Waals surface area contributed by atoms with Gasteiger partial charge in [0.25, 0.3) is 0 Å². The number of amides is 1. The molecule has 1 N–H and O–H groups in total. The first kappa shape index (κ1) is 11.0. The van der Waals surface area contributed by atoms with Crippen LogP contribution in [0.5, 0.6) is 5.75 Å². The van der Waals surface area contributed by atoms with Crippen molar-refractivity contribution in [3.05, 3.63) is 23.8 Å². The molecule has 86 valence electrons. The monoisotopic (exact) mass is 220 g/mol. The van der Waals surface area contributed by atoms with Gasteiger partial charge in [-0.2, -0.15) is 0 Å². The lowest BCUT2D eigenvalue weighted by atomic mass is 10.1. The Hall–Kier alpha value is -1.55. The third-order valence-corrected chi connectivity index (χ3v) is 2.85. The number of nitrogens with one attached hydrogen (secondary N) is 1. The van der Waals surface area contributed by atoms with Crippen molar-refractivity contribution in [2.45, 2.75) is 13.0 Å². The molecule has 1 aliphatic heterocycles. The number of hydrogen-bond donors (Lipinski definition) is 1. The normalized spacial score (nSPS) is 18.8. The summed E-state index contributed by atoms with van der Waals surface area (Å²) in [6.45, 7) is 2.58. The smallest absolute Gasteiger partial charge is 0.248 e. The van der Waals surface area contributed by atoms with Crippen LogP contribution in [0.25, 0.3) is 0 Å². The van der Waals surface area contributed by atoms with Crippen LogP contribution in [0.15, 0.2) is 18.2 Å². The number of carbonyl (C=O) groups is 1. The summed E-state index contributed by atoms with van der Waals surface area (Å²) in [5.74, 6) is 0.885. The molecular formula is C12H16N2O2. The lowest BCUT2D eigenvalue weighted by Crippen LogP contribution is -2.30. The van der Waals surface area contributed by atoms with Gasteiger partial charge in [0.1, 0.15) is 11.8 Å². The van der Waals surface area contributed by atoms with Crippen LogP contribution in [-0.4, -0.2) is 26.6 Å². The fourth-order valence-electron chi connectivity index (χ4n) is 2.05. The Morgan fingerprint density at radius 3 is 2.88 bits per heavy atom. The second-order valence-electron chi connectivity index (χ2n) is 3.77. The topological polar surface area (TPSA) is 41.6 Å². The molecule has 4 heteroatoms. The van der Waals surface area contributed by atoms with Gasteiger partial charge in [-0.1, -0.05) is 0 Å². The van der Waals surface area contributed by atoms with Crippen molar-refractivity contribution >= 4 is 11.6 Å². The van der Waals surface area contributed by atoms with Crippen molar-refractivity contribution in [2.75, 3.05) is 25.6 Å². The van der Waals surface area contributed by atoms with Gasteiger partial charge >= 0.3 is 0 Å². The quantitative estimate of drug-likeness (QED) is 0.835. The van der Waals surface area contributed by atoms with Crippen LogP contribution >= 0.6 is 0 Å². The molecule has 1 atom stereocenters. The molecule has 2 rings (SSSR count). The van der Waals surface area contributed by atoms with Crippen LogP contribution in [0.3, 0.4) is 0 Å². The molecule has 0 fully saturated rings. The first-order valence-corrected chi connectivity index (χ1v) is 5.40. The number of ether oxygens (including phenoxy) is 1. The van der Waals surface area contributed by atoms with E-state index in [1.165, 1.54) is 0 Å². The van der Waals surface area contributed by atoms with Crippen molar-refractivity contribution in [3.63, 3.8) is 0 Å². The maximum atomic E-state index is 11.9. The lowest BCUT2D eigenvalue weighted by molar-refractivity contribution is -0.119. The van der Waals surface area contributed by atoms with Crippen LogP contribution in [-0.2, 0) is 4.79 Å². The van der Waals surface area contributed by atoms with Gasteiger partial charge in [0.05, 0.1) is 6.61 Å². The van der Waals surface area contributed by atoms with Gasteiger partial charge in [0.15, 0.2) is 0 Å². The number of anilines is 1. The van der Waals surface area contributed by atoms with Crippen molar-refractivity contribution < 1.29 is 9.53 Å². The summed E-state index contributed by atoms with van der Waals surface area (Å²) in [4.78, 5) is 13.6. The molecule has 0 bridgehead atoms. The lowest BCUT2D eigenvalue weighted by Gasteiger charge is -2.10. The van der Waals surface area contributed by atoms with Crippen LogP contribution in [0, 0.1) is 0 Å². The van der Waals surface area contributed by atoms with E-state index in [9.17, 15) is 4.79 Å². The van der Waals surface area contributed by atoms with Gasteiger partial charge in [0, 0.05) is 18.3 Å². The van der Waals surface area contributed by atoms with Crippen molar-refractivity contribution in [2.24, 2.45) is 0 Å². The Morgan fingerprint density at radius 1 is 1.50 bits per heavy atom. The summed E-state index contributed by atoms with van der Waals surface area (Å²) in [5, 5.41) is 3.02. The average molecular weight is 220 g/mol. The Labute approximate surface area is 95.2 Å². The van der Waals surface area contributed by atoms with Crippen LogP contribution in [0.1, 0.15) is 18.5 Å². The Balaban J connectivity index is 2.42. The molecule has 0 spiro atoms. The van der Waals surface area contributed by atoms with Gasteiger partial charge in [-0.3, -0.25) is 4.79 Å². The third kappa shape index (κ3) is 1.55. The molecule has 0 aromatic heterocycles. The molecule has 1 unspecified atom stereocenters. The predicted octanol–water partition coefficient (Wildman–Crippen LogP) is 1.32. The van der Waals surface area contributed by atoms with Crippen molar-refractivity contribution in [1.82, 2.24) is 5.32 Å². The van der Waals surface area contributed by atoms with E-state index in [4.69, 9.17) is 4.74 Å². The number of hydrogen-bond acceptors (Lipinski definition) is 3. The number of fused-ring (bicyclic) bond motifs is 1. The summed E-state index contributed by atoms with van der Waals surface area (Å²) in [6, 6.07) is 5.50. The largest absolute Gasteiger partial charge is 0.494 e. The Morgan fingerprint density at radius 2 is 2.25 bits per heavy atom. The number of carbonyl (C=O) groups excluding carboxylic acids is 1. The highest BCUT2D eigenvalue weighted by molar-refractivity contribution is 6.04. The second kappa shape index (κ2) is 4.14.